The molecule has 1 aromatic rings. The molecule has 0 unspecified atom stereocenters. The Kier molecular flexibility index (Phi) is 4.39. The molecule has 19 heavy (non-hydrogen) atoms. The number of nitrogens with one attached hydrogen (secondary N) is 1. The van der Waals surface area contributed by atoms with Crippen molar-refractivity contribution in [2.45, 2.75) is 18.9 Å². The van der Waals surface area contributed by atoms with Crippen LogP contribution in [0.3, 0.4) is 0 Å². The van der Waals surface area contributed by atoms with E-state index < -0.39 is 0 Å². The van der Waals surface area contributed by atoms with Gasteiger partial charge in [-0.25, -0.2) is 4.79 Å². The average Bonchev–Trinajstić information content (AvgIpc) is 2.48. The molecule has 0 spiro atoms. The van der Waals surface area contributed by atoms with Crippen LogP contribution >= 0.6 is 0 Å². The molecule has 1 heterocycles. The zero-order chi connectivity index (χ0) is 13.7. The maximum absolute atomic E-state index is 12.0. The fourth-order valence-electron chi connectivity index (χ4n) is 2.19. The maximum atomic E-state index is 12.0. The van der Waals surface area contributed by atoms with E-state index in [4.69, 9.17) is 0 Å². The van der Waals surface area contributed by atoms with Crippen molar-refractivity contribution >= 4 is 12.0 Å². The summed E-state index contributed by atoms with van der Waals surface area (Å²) in [4.78, 5) is 25.0. The summed E-state index contributed by atoms with van der Waals surface area (Å²) in [6.07, 6.45) is 1.22. The molecule has 2 amide bonds. The minimum atomic E-state index is -0.298. The molecule has 0 bridgehead atoms. The Morgan fingerprint density at radius 2 is 1.84 bits per heavy atom. The third-order valence-electron chi connectivity index (χ3n) is 3.30. The smallest absolute Gasteiger partial charge is 0.409 e. The number of hydrogen-bond acceptors (Lipinski definition) is 3. The second-order valence-electron chi connectivity index (χ2n) is 4.57. The number of likely N-dealkylation sites (tertiary alicyclic amines) is 1. The number of carbonyl (C=O) groups is 2. The summed E-state index contributed by atoms with van der Waals surface area (Å²) in [5.74, 6) is -0.0582. The van der Waals surface area contributed by atoms with Crippen LogP contribution in [0.2, 0.25) is 0 Å². The third-order valence-corrected chi connectivity index (χ3v) is 3.30. The van der Waals surface area contributed by atoms with Crippen molar-refractivity contribution < 1.29 is 14.3 Å². The van der Waals surface area contributed by atoms with Gasteiger partial charge in [0.25, 0.3) is 5.91 Å². The van der Waals surface area contributed by atoms with Crippen LogP contribution in [-0.4, -0.2) is 43.1 Å². The lowest BCUT2D eigenvalue weighted by Crippen LogP contribution is -2.46. The van der Waals surface area contributed by atoms with Crippen molar-refractivity contribution in [3.05, 3.63) is 35.9 Å². The third kappa shape index (κ3) is 3.47. The van der Waals surface area contributed by atoms with E-state index in [1.165, 1.54) is 7.11 Å². The monoisotopic (exact) mass is 262 g/mol. The number of nitrogens with zero attached hydrogens (tertiary/aromatic N) is 1. The van der Waals surface area contributed by atoms with Gasteiger partial charge in [0.15, 0.2) is 0 Å². The molecule has 5 heteroatoms. The molecule has 2 rings (SSSR count). The zero-order valence-electron chi connectivity index (χ0n) is 11.0. The van der Waals surface area contributed by atoms with E-state index in [1.54, 1.807) is 17.0 Å². The second kappa shape index (κ2) is 6.22. The highest BCUT2D eigenvalue weighted by atomic mass is 16.5. The average molecular weight is 262 g/mol. The molecule has 0 aliphatic carbocycles. The highest BCUT2D eigenvalue weighted by Gasteiger charge is 2.24. The molecule has 0 aromatic heterocycles. The largest absolute Gasteiger partial charge is 0.453 e. The molecule has 1 fully saturated rings. The summed E-state index contributed by atoms with van der Waals surface area (Å²) in [6, 6.07) is 9.26. The molecule has 1 aliphatic heterocycles. The molecule has 0 atom stereocenters. The van der Waals surface area contributed by atoms with E-state index >= 15 is 0 Å². The molecular formula is C14H18N2O3. The summed E-state index contributed by atoms with van der Waals surface area (Å²) in [6.45, 7) is 1.23. The first-order valence-corrected chi connectivity index (χ1v) is 6.39. The van der Waals surface area contributed by atoms with Gasteiger partial charge in [0.1, 0.15) is 0 Å². The van der Waals surface area contributed by atoms with E-state index in [1.807, 2.05) is 18.2 Å². The summed E-state index contributed by atoms with van der Waals surface area (Å²) in [5.41, 5.74) is 0.665. The van der Waals surface area contributed by atoms with Gasteiger partial charge in [-0.2, -0.15) is 0 Å². The second-order valence-corrected chi connectivity index (χ2v) is 4.57. The highest BCUT2D eigenvalue weighted by Crippen LogP contribution is 2.12. The first-order chi connectivity index (χ1) is 9.20. The molecule has 0 saturated carbocycles. The summed E-state index contributed by atoms with van der Waals surface area (Å²) >= 11 is 0. The molecule has 1 aromatic carbocycles. The van der Waals surface area contributed by atoms with Crippen LogP contribution < -0.4 is 5.32 Å². The van der Waals surface area contributed by atoms with Crippen LogP contribution in [0.4, 0.5) is 4.79 Å². The minimum Gasteiger partial charge on any atom is -0.453 e. The van der Waals surface area contributed by atoms with Gasteiger partial charge in [0.05, 0.1) is 7.11 Å². The Hall–Kier alpha value is -2.04. The van der Waals surface area contributed by atoms with Gasteiger partial charge in [0, 0.05) is 24.7 Å². The van der Waals surface area contributed by atoms with Crippen molar-refractivity contribution in [1.29, 1.82) is 0 Å². The van der Waals surface area contributed by atoms with Crippen LogP contribution in [0.5, 0.6) is 0 Å². The number of piperidine rings is 1. The fourth-order valence-corrected chi connectivity index (χ4v) is 2.19. The first-order valence-electron chi connectivity index (χ1n) is 6.39. The van der Waals surface area contributed by atoms with E-state index in [9.17, 15) is 9.59 Å². The summed E-state index contributed by atoms with van der Waals surface area (Å²) < 4.78 is 4.67. The van der Waals surface area contributed by atoms with Crippen LogP contribution in [-0.2, 0) is 4.74 Å². The minimum absolute atomic E-state index is 0.0582. The standard InChI is InChI=1S/C14H18N2O3/c1-19-14(18)16-9-7-12(8-10-16)15-13(17)11-5-3-2-4-6-11/h2-6,12H,7-10H2,1H3,(H,15,17). The number of benzene rings is 1. The van der Waals surface area contributed by atoms with E-state index in [-0.39, 0.29) is 18.0 Å². The number of methoxy groups -OCH3 is 1. The van der Waals surface area contributed by atoms with E-state index in [0.29, 0.717) is 18.7 Å². The maximum Gasteiger partial charge on any atom is 0.409 e. The Labute approximate surface area is 112 Å². The Balaban J connectivity index is 1.83. The van der Waals surface area contributed by atoms with Crippen LogP contribution in [0.1, 0.15) is 23.2 Å². The molecule has 1 N–H and O–H groups in total. The number of ether oxygens (including phenoxy) is 1. The van der Waals surface area contributed by atoms with Gasteiger partial charge >= 0.3 is 6.09 Å². The van der Waals surface area contributed by atoms with E-state index in [2.05, 4.69) is 10.1 Å². The number of rotatable bonds is 2. The molecule has 102 valence electrons. The lowest BCUT2D eigenvalue weighted by Gasteiger charge is -2.31. The van der Waals surface area contributed by atoms with Gasteiger partial charge in [-0.3, -0.25) is 4.79 Å². The van der Waals surface area contributed by atoms with Crippen molar-refractivity contribution in [1.82, 2.24) is 10.2 Å². The Morgan fingerprint density at radius 3 is 2.42 bits per heavy atom. The van der Waals surface area contributed by atoms with Crippen LogP contribution in [0.25, 0.3) is 0 Å². The van der Waals surface area contributed by atoms with Gasteiger partial charge < -0.3 is 15.0 Å². The Bertz CT molecular complexity index is 439. The van der Waals surface area contributed by atoms with Crippen molar-refractivity contribution in [3.63, 3.8) is 0 Å². The first kappa shape index (κ1) is 13.4. The normalized spacial score (nSPS) is 15.9. The number of hydrogen-bond donors (Lipinski definition) is 1. The zero-order valence-corrected chi connectivity index (χ0v) is 11.0. The van der Waals surface area contributed by atoms with Crippen LogP contribution in [0, 0.1) is 0 Å². The molecule has 1 aliphatic rings. The van der Waals surface area contributed by atoms with Gasteiger partial charge in [-0.05, 0) is 25.0 Å². The lowest BCUT2D eigenvalue weighted by molar-refractivity contribution is 0.0892. The van der Waals surface area contributed by atoms with Crippen molar-refractivity contribution in [2.75, 3.05) is 20.2 Å². The molecular weight excluding hydrogens is 244 g/mol. The van der Waals surface area contributed by atoms with Crippen molar-refractivity contribution in [2.24, 2.45) is 0 Å². The number of carbonyl (C=O) groups excluding carboxylic acids is 2. The number of amides is 2. The molecule has 0 radical (unpaired) electrons. The topological polar surface area (TPSA) is 58.6 Å². The molecule has 5 nitrogen and oxygen atoms in total. The lowest BCUT2D eigenvalue weighted by atomic mass is 10.0. The van der Waals surface area contributed by atoms with Gasteiger partial charge in [-0.15, -0.1) is 0 Å². The van der Waals surface area contributed by atoms with E-state index in [0.717, 1.165) is 12.8 Å². The summed E-state index contributed by atoms with van der Waals surface area (Å²) in [5, 5.41) is 2.99. The van der Waals surface area contributed by atoms with Crippen LogP contribution in [0.15, 0.2) is 30.3 Å². The van der Waals surface area contributed by atoms with Gasteiger partial charge in [0.2, 0.25) is 0 Å². The van der Waals surface area contributed by atoms with Crippen molar-refractivity contribution in [3.8, 4) is 0 Å². The predicted octanol–water partition coefficient (Wildman–Crippen LogP) is 1.65. The summed E-state index contributed by atoms with van der Waals surface area (Å²) in [7, 11) is 1.38. The molecule has 1 saturated heterocycles. The van der Waals surface area contributed by atoms with Gasteiger partial charge in [-0.1, -0.05) is 18.2 Å². The predicted molar refractivity (Wildman–Crippen MR) is 70.9 cm³/mol. The SMILES string of the molecule is COC(=O)N1CCC(NC(=O)c2ccccc2)CC1. The highest BCUT2D eigenvalue weighted by molar-refractivity contribution is 5.94. The Morgan fingerprint density at radius 1 is 1.21 bits per heavy atom. The quantitative estimate of drug-likeness (QED) is 0.881. The fraction of sp³-hybridized carbons (Fsp3) is 0.429.